The molecule has 0 spiro atoms. The number of hydrogen-bond donors (Lipinski definition) is 1. The van der Waals surface area contributed by atoms with Crippen LogP contribution in [0.15, 0.2) is 29.2 Å². The molecule has 1 aliphatic heterocycles. The van der Waals surface area contributed by atoms with Gasteiger partial charge in [0.2, 0.25) is 15.9 Å². The van der Waals surface area contributed by atoms with Gasteiger partial charge in [0, 0.05) is 32.2 Å². The molecule has 1 amide bonds. The van der Waals surface area contributed by atoms with Gasteiger partial charge in [0.25, 0.3) is 0 Å². The van der Waals surface area contributed by atoms with Crippen LogP contribution in [-0.4, -0.2) is 61.8 Å². The number of nitrogens with zero attached hydrogens (tertiary/aromatic N) is 2. The minimum atomic E-state index is -3.49. The average molecular weight is 422 g/mol. The first-order valence-electron chi connectivity index (χ1n) is 10.9. The van der Waals surface area contributed by atoms with Gasteiger partial charge in [-0.3, -0.25) is 9.69 Å². The van der Waals surface area contributed by atoms with E-state index in [0.29, 0.717) is 37.0 Å². The maximum absolute atomic E-state index is 13.1. The van der Waals surface area contributed by atoms with Crippen molar-refractivity contribution in [3.8, 4) is 0 Å². The van der Waals surface area contributed by atoms with Crippen molar-refractivity contribution in [2.75, 3.05) is 26.2 Å². The van der Waals surface area contributed by atoms with Crippen molar-refractivity contribution in [1.29, 1.82) is 0 Å². The lowest BCUT2D eigenvalue weighted by molar-refractivity contribution is -0.126. The fourth-order valence-electron chi connectivity index (χ4n) is 4.40. The predicted molar refractivity (Wildman–Crippen MR) is 115 cm³/mol. The number of carbonyl (C=O) groups is 1. The fourth-order valence-corrected chi connectivity index (χ4v) is 5.82. The predicted octanol–water partition coefficient (Wildman–Crippen LogP) is 2.95. The normalized spacial score (nSPS) is 21.2. The standard InChI is InChI=1S/C22H35N3O3S/c1-17(2)23-22(26)18(3)24-13-15-25(16-14-24)29(27,28)21-11-9-20(10-12-21)19-7-5-4-6-8-19/h9-12,17-19H,4-8,13-16H2,1-3H3,(H,23,26)/t18-/m0/s1. The second-order valence-corrected chi connectivity index (χ2v) is 10.6. The maximum atomic E-state index is 13.1. The largest absolute Gasteiger partial charge is 0.353 e. The molecule has 162 valence electrons. The molecule has 29 heavy (non-hydrogen) atoms. The van der Waals surface area contributed by atoms with Crippen molar-refractivity contribution in [3.05, 3.63) is 29.8 Å². The summed E-state index contributed by atoms with van der Waals surface area (Å²) in [5.74, 6) is 0.567. The van der Waals surface area contributed by atoms with Crippen LogP contribution in [0.2, 0.25) is 0 Å². The zero-order chi connectivity index (χ0) is 21.0. The summed E-state index contributed by atoms with van der Waals surface area (Å²) in [5, 5.41) is 2.93. The molecule has 1 N–H and O–H groups in total. The third-order valence-corrected chi connectivity index (χ3v) is 8.14. The molecule has 2 aliphatic rings. The van der Waals surface area contributed by atoms with Crippen LogP contribution >= 0.6 is 0 Å². The lowest BCUT2D eigenvalue weighted by atomic mass is 9.84. The van der Waals surface area contributed by atoms with Crippen LogP contribution in [0.1, 0.15) is 64.4 Å². The highest BCUT2D eigenvalue weighted by Gasteiger charge is 2.32. The number of nitrogens with one attached hydrogen (secondary N) is 1. The van der Waals surface area contributed by atoms with E-state index in [2.05, 4.69) is 10.2 Å². The van der Waals surface area contributed by atoms with Crippen molar-refractivity contribution in [1.82, 2.24) is 14.5 Å². The zero-order valence-corrected chi connectivity index (χ0v) is 18.7. The second kappa shape index (κ2) is 9.58. The Morgan fingerprint density at radius 2 is 1.55 bits per heavy atom. The molecule has 3 rings (SSSR count). The van der Waals surface area contributed by atoms with Crippen LogP contribution < -0.4 is 5.32 Å². The minimum Gasteiger partial charge on any atom is -0.353 e. The molecule has 1 heterocycles. The minimum absolute atomic E-state index is 0.00499. The molecule has 1 aromatic carbocycles. The monoisotopic (exact) mass is 421 g/mol. The van der Waals surface area contributed by atoms with Crippen molar-refractivity contribution < 1.29 is 13.2 Å². The average Bonchev–Trinajstić information content (AvgIpc) is 2.73. The number of benzene rings is 1. The number of piperazine rings is 1. The summed E-state index contributed by atoms with van der Waals surface area (Å²) in [5.41, 5.74) is 1.26. The lowest BCUT2D eigenvalue weighted by Gasteiger charge is -2.37. The first-order valence-corrected chi connectivity index (χ1v) is 12.4. The van der Waals surface area contributed by atoms with Gasteiger partial charge < -0.3 is 5.32 Å². The Balaban J connectivity index is 1.60. The summed E-state index contributed by atoms with van der Waals surface area (Å²) in [4.78, 5) is 14.7. The molecule has 0 bridgehead atoms. The molecule has 1 atom stereocenters. The van der Waals surface area contributed by atoms with Gasteiger partial charge in [0.1, 0.15) is 0 Å². The summed E-state index contributed by atoms with van der Waals surface area (Å²) >= 11 is 0. The van der Waals surface area contributed by atoms with Crippen LogP contribution in [0.25, 0.3) is 0 Å². The molecule has 1 aromatic rings. The van der Waals surface area contributed by atoms with Gasteiger partial charge in [-0.1, -0.05) is 31.4 Å². The van der Waals surface area contributed by atoms with Crippen LogP contribution in [0, 0.1) is 0 Å². The van der Waals surface area contributed by atoms with E-state index >= 15 is 0 Å². The van der Waals surface area contributed by atoms with Gasteiger partial charge in [0.15, 0.2) is 0 Å². The molecule has 0 unspecified atom stereocenters. The van der Waals surface area contributed by atoms with Gasteiger partial charge in [-0.2, -0.15) is 4.31 Å². The molecule has 2 fully saturated rings. The summed E-state index contributed by atoms with van der Waals surface area (Å²) in [6, 6.07) is 7.38. The first-order chi connectivity index (χ1) is 13.8. The number of rotatable bonds is 6. The third kappa shape index (κ3) is 5.38. The summed E-state index contributed by atoms with van der Waals surface area (Å²) in [6.07, 6.45) is 6.26. The van der Waals surface area contributed by atoms with Gasteiger partial charge in [-0.15, -0.1) is 0 Å². The SMILES string of the molecule is CC(C)NC(=O)[C@H](C)N1CCN(S(=O)(=O)c2ccc(C3CCCCC3)cc2)CC1. The Morgan fingerprint density at radius 1 is 0.966 bits per heavy atom. The Hall–Kier alpha value is -1.44. The highest BCUT2D eigenvalue weighted by atomic mass is 32.2. The Labute approximate surface area is 175 Å². The molecular weight excluding hydrogens is 386 g/mol. The van der Waals surface area contributed by atoms with Crippen LogP contribution in [0.4, 0.5) is 0 Å². The zero-order valence-electron chi connectivity index (χ0n) is 17.9. The highest BCUT2D eigenvalue weighted by molar-refractivity contribution is 7.89. The van der Waals surface area contributed by atoms with Crippen molar-refractivity contribution in [2.24, 2.45) is 0 Å². The Morgan fingerprint density at radius 3 is 2.10 bits per heavy atom. The van der Waals surface area contributed by atoms with E-state index in [9.17, 15) is 13.2 Å². The second-order valence-electron chi connectivity index (χ2n) is 8.68. The molecular formula is C22H35N3O3S. The molecule has 1 aliphatic carbocycles. The summed E-state index contributed by atoms with van der Waals surface area (Å²) < 4.78 is 27.7. The van der Waals surface area contributed by atoms with Gasteiger partial charge in [0.05, 0.1) is 10.9 Å². The van der Waals surface area contributed by atoms with Crippen LogP contribution in [0.3, 0.4) is 0 Å². The van der Waals surface area contributed by atoms with Gasteiger partial charge >= 0.3 is 0 Å². The quantitative estimate of drug-likeness (QED) is 0.767. The van der Waals surface area contributed by atoms with E-state index in [1.807, 2.05) is 32.9 Å². The first kappa shape index (κ1) is 22.2. The fraction of sp³-hybridized carbons (Fsp3) is 0.682. The van der Waals surface area contributed by atoms with E-state index in [4.69, 9.17) is 0 Å². The maximum Gasteiger partial charge on any atom is 0.243 e. The molecule has 7 heteroatoms. The van der Waals surface area contributed by atoms with Gasteiger partial charge in [-0.25, -0.2) is 8.42 Å². The van der Waals surface area contributed by atoms with E-state index in [1.165, 1.54) is 37.7 Å². The summed E-state index contributed by atoms with van der Waals surface area (Å²) in [7, 11) is -3.49. The van der Waals surface area contributed by atoms with Crippen molar-refractivity contribution in [3.63, 3.8) is 0 Å². The van der Waals surface area contributed by atoms with Gasteiger partial charge in [-0.05, 0) is 57.2 Å². The van der Waals surface area contributed by atoms with Crippen LogP contribution in [0.5, 0.6) is 0 Å². The molecule has 1 saturated heterocycles. The third-order valence-electron chi connectivity index (χ3n) is 6.23. The van der Waals surface area contributed by atoms with E-state index in [0.717, 1.165) is 0 Å². The molecule has 0 aromatic heterocycles. The van der Waals surface area contributed by atoms with E-state index in [-0.39, 0.29) is 18.0 Å². The number of amides is 1. The van der Waals surface area contributed by atoms with E-state index < -0.39 is 10.0 Å². The Bertz CT molecular complexity index is 778. The smallest absolute Gasteiger partial charge is 0.243 e. The summed E-state index contributed by atoms with van der Waals surface area (Å²) in [6.45, 7) is 7.70. The molecule has 1 saturated carbocycles. The number of sulfonamides is 1. The Kier molecular flexibility index (Phi) is 7.35. The van der Waals surface area contributed by atoms with Crippen LogP contribution in [-0.2, 0) is 14.8 Å². The molecule has 0 radical (unpaired) electrons. The number of carbonyl (C=O) groups excluding carboxylic acids is 1. The van der Waals surface area contributed by atoms with E-state index in [1.54, 1.807) is 16.4 Å². The topological polar surface area (TPSA) is 69.7 Å². The molecule has 6 nitrogen and oxygen atoms in total. The highest BCUT2D eigenvalue weighted by Crippen LogP contribution is 2.33. The number of hydrogen-bond acceptors (Lipinski definition) is 4. The van der Waals surface area contributed by atoms with Crippen molar-refractivity contribution >= 4 is 15.9 Å². The van der Waals surface area contributed by atoms with Crippen molar-refractivity contribution in [2.45, 2.75) is 75.8 Å². The lowest BCUT2D eigenvalue weighted by Crippen LogP contribution is -2.55.